The number of imidazole rings is 1. The first-order valence-corrected chi connectivity index (χ1v) is 28.2. The molecule has 22 nitrogen and oxygen atoms in total. The van der Waals surface area contributed by atoms with Gasteiger partial charge in [0.2, 0.25) is 5.82 Å². The number of H-pyrrole nitrogens is 1. The topological polar surface area (TPSA) is 297 Å². The number of pyridine rings is 2. The van der Waals surface area contributed by atoms with Crippen molar-refractivity contribution in [2.24, 2.45) is 34.0 Å². The Morgan fingerprint density at radius 1 is 0.724 bits per heavy atom. The van der Waals surface area contributed by atoms with Crippen LogP contribution in [0.5, 0.6) is 23.0 Å². The summed E-state index contributed by atoms with van der Waals surface area (Å²) in [5.41, 5.74) is 18.4. The minimum atomic E-state index is -0.690. The van der Waals surface area contributed by atoms with Crippen LogP contribution in [0.15, 0.2) is 220 Å². The molecule has 0 aliphatic carbocycles. The molecule has 0 amide bonds. The Kier molecular flexibility index (Phi) is 24.8. The lowest BCUT2D eigenvalue weighted by molar-refractivity contribution is -0.146. The smallest absolute Gasteiger partial charge is 0.372 e. The maximum absolute atomic E-state index is 13.5. The van der Waals surface area contributed by atoms with Crippen LogP contribution in [0.3, 0.4) is 0 Å². The number of methoxy groups -OCH3 is 1. The number of aromatic nitrogens is 8. The number of carbonyl (C=O) groups is 2. The first-order valence-electron chi connectivity index (χ1n) is 26.4. The third-order valence-corrected chi connectivity index (χ3v) is 13.2. The van der Waals surface area contributed by atoms with Gasteiger partial charge in [0.15, 0.2) is 41.5 Å². The average molecular weight is 1260 g/mol. The van der Waals surface area contributed by atoms with E-state index in [9.17, 15) is 14.0 Å². The van der Waals surface area contributed by atoms with Crippen molar-refractivity contribution >= 4 is 68.0 Å². The number of amidine groups is 2. The minimum absolute atomic E-state index is 0.00578. The quantitative estimate of drug-likeness (QED) is 0.0138. The van der Waals surface area contributed by atoms with Gasteiger partial charge in [-0.3, -0.25) is 9.97 Å². The standard InChI is InChI=1S/C17H18BrN3O3.C15H13FN4O.C15H15N3O4.C15H13N3OS/c1-11(2)13-3-4-15(14(18)9-13)23-10-16(22)24-21-17(19)12-5-7-20-8-6-12;1-20-18-15(17-19-20)11-6-8-13(9-7-11)21-10-12-4-2-3-5-14(12)16;1-20-12-7-2-3-8-13(12)21-10-14(19)22-18-15(16)11-6-4-5-9-17-11;19-18-14(11-6-2-1-3-7-11)10-20-15-16-12-8-4-5-9-13(12)17-15/h3-9,11H,10H2,1-2H3,(H2,19,21);2-9H,10H2,1H3;2-9H,10H2,1H3,(H2,16,18);1-9,19H,10H2,(H,16,17)/b;;;18-14+. The van der Waals surface area contributed by atoms with E-state index in [1.807, 2.05) is 78.9 Å². The lowest BCUT2D eigenvalue weighted by Crippen LogP contribution is -2.18. The fourth-order valence-electron chi connectivity index (χ4n) is 7.21. The lowest BCUT2D eigenvalue weighted by Gasteiger charge is -2.10. The summed E-state index contributed by atoms with van der Waals surface area (Å²) in [5.74, 6) is 2.18. The molecule has 6 N–H and O–H groups in total. The molecule has 6 aromatic carbocycles. The molecule has 446 valence electrons. The summed E-state index contributed by atoms with van der Waals surface area (Å²) >= 11 is 4.94. The van der Waals surface area contributed by atoms with Crippen molar-refractivity contribution in [3.8, 4) is 34.4 Å². The van der Waals surface area contributed by atoms with Crippen LogP contribution in [0.1, 0.15) is 47.7 Å². The number of para-hydroxylation sites is 4. The summed E-state index contributed by atoms with van der Waals surface area (Å²) in [5, 5.41) is 32.3. The third-order valence-electron chi connectivity index (χ3n) is 11.7. The maximum atomic E-state index is 13.5. The van der Waals surface area contributed by atoms with Crippen LogP contribution in [0.2, 0.25) is 0 Å². The van der Waals surface area contributed by atoms with E-state index in [2.05, 4.69) is 85.4 Å². The molecule has 0 bridgehead atoms. The third kappa shape index (κ3) is 20.6. The van der Waals surface area contributed by atoms with Gasteiger partial charge in [0.1, 0.15) is 29.6 Å². The van der Waals surface area contributed by atoms with Crippen LogP contribution in [0, 0.1) is 5.82 Å². The molecule has 4 heterocycles. The molecule has 0 aliphatic rings. The fraction of sp³-hybridized carbons (Fsp3) is 0.145. The number of hydrogen-bond donors (Lipinski definition) is 4. The Labute approximate surface area is 512 Å². The van der Waals surface area contributed by atoms with E-state index in [0.29, 0.717) is 63.0 Å². The van der Waals surface area contributed by atoms with E-state index < -0.39 is 11.9 Å². The molecule has 4 aromatic heterocycles. The zero-order valence-electron chi connectivity index (χ0n) is 47.4. The van der Waals surface area contributed by atoms with Crippen LogP contribution in [0.4, 0.5) is 4.39 Å². The number of aryl methyl sites for hydroxylation is 1. The van der Waals surface area contributed by atoms with Gasteiger partial charge in [-0.15, -0.1) is 10.2 Å². The number of nitrogens with one attached hydrogen (secondary N) is 1. The highest BCUT2D eigenvalue weighted by Gasteiger charge is 2.13. The molecule has 0 atom stereocenters. The number of fused-ring (bicyclic) bond motifs is 1. The molecular weight excluding hydrogens is 1200 g/mol. The second-order valence-corrected chi connectivity index (χ2v) is 20.0. The van der Waals surface area contributed by atoms with Crippen molar-refractivity contribution in [3.63, 3.8) is 0 Å². The van der Waals surface area contributed by atoms with E-state index in [1.165, 1.54) is 35.3 Å². The summed E-state index contributed by atoms with van der Waals surface area (Å²) in [4.78, 5) is 49.7. The Balaban J connectivity index is 0.000000166. The van der Waals surface area contributed by atoms with Crippen molar-refractivity contribution in [3.05, 3.63) is 233 Å². The van der Waals surface area contributed by atoms with E-state index in [4.69, 9.17) is 40.5 Å². The Bertz CT molecular complexity index is 3850. The van der Waals surface area contributed by atoms with Gasteiger partial charge in [-0.1, -0.05) is 126 Å². The van der Waals surface area contributed by atoms with Gasteiger partial charge in [-0.25, -0.2) is 19.0 Å². The highest BCUT2D eigenvalue weighted by Crippen LogP contribution is 2.29. The normalized spacial score (nSPS) is 11.2. The van der Waals surface area contributed by atoms with Crippen molar-refractivity contribution in [1.82, 2.24) is 40.1 Å². The van der Waals surface area contributed by atoms with Crippen molar-refractivity contribution in [2.75, 3.05) is 26.1 Å². The number of rotatable bonds is 20. The van der Waals surface area contributed by atoms with Crippen molar-refractivity contribution < 1.29 is 47.8 Å². The van der Waals surface area contributed by atoms with Gasteiger partial charge in [-0.2, -0.15) is 4.80 Å². The molecule has 0 saturated heterocycles. The van der Waals surface area contributed by atoms with Gasteiger partial charge in [0.25, 0.3) is 0 Å². The van der Waals surface area contributed by atoms with E-state index >= 15 is 0 Å². The highest BCUT2D eigenvalue weighted by molar-refractivity contribution is 9.10. The van der Waals surface area contributed by atoms with Crippen LogP contribution in [0.25, 0.3) is 22.4 Å². The second-order valence-electron chi connectivity index (χ2n) is 18.2. The number of ether oxygens (including phenoxy) is 4. The molecule has 0 saturated carbocycles. The zero-order valence-corrected chi connectivity index (χ0v) is 49.8. The molecule has 0 aliphatic heterocycles. The maximum Gasteiger partial charge on any atom is 0.372 e. The average Bonchev–Trinajstić information content (AvgIpc) is 4.44. The number of halogens is 2. The predicted octanol–water partition coefficient (Wildman–Crippen LogP) is 10.7. The number of aromatic amines is 1. The monoisotopic (exact) mass is 1260 g/mol. The SMILES string of the molecule is CC(C)c1ccc(OCC(=O)O/N=C(\N)c2ccncc2)c(Br)c1.COc1ccccc1OCC(=O)O/N=C(\N)c1ccccn1.Cn1nnc(-c2ccc(OCc3ccccc3F)cc2)n1.O/N=C(\CSc1nc2ccccc2[nH]1)c1ccccc1. The Morgan fingerprint density at radius 2 is 1.38 bits per heavy atom. The number of nitrogens with zero attached hydrogens (tertiary/aromatic N) is 10. The van der Waals surface area contributed by atoms with Gasteiger partial charge in [0, 0.05) is 46.6 Å². The molecule has 0 radical (unpaired) electrons. The van der Waals surface area contributed by atoms with Gasteiger partial charge < -0.3 is 50.3 Å². The number of benzene rings is 6. The summed E-state index contributed by atoms with van der Waals surface area (Å²) in [6.07, 6.45) is 4.70. The number of oxime groups is 3. The van der Waals surface area contributed by atoms with E-state index in [-0.39, 0.29) is 37.3 Å². The molecule has 0 fully saturated rings. The number of carbonyl (C=O) groups excluding carboxylic acids is 2. The Hall–Kier alpha value is -10.5. The summed E-state index contributed by atoms with van der Waals surface area (Å²) in [7, 11) is 3.22. The van der Waals surface area contributed by atoms with E-state index in [0.717, 1.165) is 31.8 Å². The molecule has 0 spiro atoms. The highest BCUT2D eigenvalue weighted by atomic mass is 79.9. The first kappa shape index (κ1) is 64.0. The lowest BCUT2D eigenvalue weighted by atomic mass is 10.0. The summed E-state index contributed by atoms with van der Waals surface area (Å²) in [6, 6.07) is 52.5. The molecule has 10 aromatic rings. The fourth-order valence-corrected chi connectivity index (χ4v) is 8.56. The molecule has 25 heteroatoms. The van der Waals surface area contributed by atoms with Crippen LogP contribution in [-0.2, 0) is 32.9 Å². The molecule has 87 heavy (non-hydrogen) atoms. The van der Waals surface area contributed by atoms with Crippen LogP contribution < -0.4 is 30.4 Å². The van der Waals surface area contributed by atoms with Gasteiger partial charge in [0.05, 0.1) is 35.4 Å². The van der Waals surface area contributed by atoms with Crippen molar-refractivity contribution in [1.29, 1.82) is 0 Å². The number of nitrogens with two attached hydrogens (primary N) is 2. The van der Waals surface area contributed by atoms with Gasteiger partial charge >= 0.3 is 11.9 Å². The number of thioether (sulfide) groups is 1. The van der Waals surface area contributed by atoms with Crippen LogP contribution in [-0.4, -0.2) is 101 Å². The van der Waals surface area contributed by atoms with Gasteiger partial charge in [-0.05, 0) is 124 Å². The van der Waals surface area contributed by atoms with E-state index in [1.54, 1.807) is 117 Å². The van der Waals surface area contributed by atoms with Crippen molar-refractivity contribution in [2.45, 2.75) is 31.5 Å². The Morgan fingerprint density at radius 3 is 2.02 bits per heavy atom. The van der Waals surface area contributed by atoms with Crippen LogP contribution >= 0.6 is 27.7 Å². The molecular formula is C62H59BrFN13O9S. The number of tetrazole rings is 1. The number of hydrogen-bond acceptors (Lipinski definition) is 19. The largest absolute Gasteiger partial charge is 0.493 e. The summed E-state index contributed by atoms with van der Waals surface area (Å²) in [6.45, 7) is 3.80. The second kappa shape index (κ2) is 33.7. The molecule has 0 unspecified atom stereocenters. The predicted molar refractivity (Wildman–Crippen MR) is 331 cm³/mol. The summed E-state index contributed by atoms with van der Waals surface area (Å²) < 4.78 is 35.7. The first-order chi connectivity index (χ1) is 42.3. The zero-order chi connectivity index (χ0) is 61.8. The molecule has 10 rings (SSSR count). The minimum Gasteiger partial charge on any atom is -0.493 e.